The molecule has 1 rings (SSSR count). The van der Waals surface area contributed by atoms with Crippen LogP contribution >= 0.6 is 27.7 Å². The van der Waals surface area contributed by atoms with Gasteiger partial charge in [-0.25, -0.2) is 0 Å². The van der Waals surface area contributed by atoms with E-state index in [1.54, 1.807) is 0 Å². The van der Waals surface area contributed by atoms with Gasteiger partial charge in [0.1, 0.15) is 11.2 Å². The zero-order valence-corrected chi connectivity index (χ0v) is 13.2. The Hall–Kier alpha value is -0.660. The van der Waals surface area contributed by atoms with Gasteiger partial charge in [0.2, 0.25) is 0 Å². The van der Waals surface area contributed by atoms with Crippen LogP contribution < -0.4 is 4.74 Å². The molecule has 0 aliphatic heterocycles. The lowest BCUT2D eigenvalue weighted by molar-refractivity contribution is 0.313. The number of rotatable bonds is 7. The summed E-state index contributed by atoms with van der Waals surface area (Å²) in [5, 5.41) is 10.7. The maximum Gasteiger partial charge on any atom is 0.133 e. The first-order valence-electron chi connectivity index (χ1n) is 6.09. The van der Waals surface area contributed by atoms with Crippen molar-refractivity contribution in [2.75, 3.05) is 12.4 Å². The molecule has 18 heavy (non-hydrogen) atoms. The van der Waals surface area contributed by atoms with Crippen molar-refractivity contribution in [2.45, 2.75) is 26.7 Å². The van der Waals surface area contributed by atoms with Crippen molar-refractivity contribution in [3.63, 3.8) is 0 Å². The third-order valence-corrected chi connectivity index (χ3v) is 3.84. The summed E-state index contributed by atoms with van der Waals surface area (Å²) >= 11 is 4.81. The Morgan fingerprint density at radius 2 is 2.28 bits per heavy atom. The van der Waals surface area contributed by atoms with E-state index < -0.39 is 0 Å². The standard InChI is InChI=1S/C14H18BrNOS/c1-3-6-17-14-5-4-13(15)8-12(14)7-11(2)9-18-10-16/h4-5,8,11H,3,6-7,9H2,1-2H3. The van der Waals surface area contributed by atoms with Gasteiger partial charge in [0, 0.05) is 10.2 Å². The summed E-state index contributed by atoms with van der Waals surface area (Å²) in [4.78, 5) is 0. The maximum atomic E-state index is 8.58. The van der Waals surface area contributed by atoms with E-state index in [-0.39, 0.29) is 0 Å². The number of ether oxygens (including phenoxy) is 1. The zero-order chi connectivity index (χ0) is 13.4. The van der Waals surface area contributed by atoms with Gasteiger partial charge in [-0.15, -0.1) is 0 Å². The molecule has 1 aromatic carbocycles. The van der Waals surface area contributed by atoms with E-state index in [9.17, 15) is 0 Å². The molecule has 1 aromatic rings. The van der Waals surface area contributed by atoms with Gasteiger partial charge < -0.3 is 4.74 Å². The molecule has 0 heterocycles. The van der Waals surface area contributed by atoms with Crippen LogP contribution in [0.1, 0.15) is 25.8 Å². The minimum atomic E-state index is 0.466. The number of hydrogen-bond acceptors (Lipinski definition) is 3. The van der Waals surface area contributed by atoms with Crippen molar-refractivity contribution >= 4 is 27.7 Å². The highest BCUT2D eigenvalue weighted by atomic mass is 79.9. The predicted molar refractivity (Wildman–Crippen MR) is 80.9 cm³/mol. The van der Waals surface area contributed by atoms with Crippen molar-refractivity contribution in [1.29, 1.82) is 5.26 Å². The number of benzene rings is 1. The lowest BCUT2D eigenvalue weighted by Crippen LogP contribution is -2.05. The quantitative estimate of drug-likeness (QED) is 0.684. The molecular weight excluding hydrogens is 310 g/mol. The summed E-state index contributed by atoms with van der Waals surface area (Å²) in [5.41, 5.74) is 1.21. The van der Waals surface area contributed by atoms with Crippen LogP contribution in [0.3, 0.4) is 0 Å². The number of thioether (sulfide) groups is 1. The molecule has 0 aromatic heterocycles. The molecule has 1 unspecified atom stereocenters. The third kappa shape index (κ3) is 5.32. The molecule has 0 spiro atoms. The molecule has 0 aliphatic rings. The molecule has 0 saturated heterocycles. The molecule has 0 saturated carbocycles. The Balaban J connectivity index is 2.72. The monoisotopic (exact) mass is 327 g/mol. The number of nitrogens with zero attached hydrogens (tertiary/aromatic N) is 1. The first-order chi connectivity index (χ1) is 8.67. The highest BCUT2D eigenvalue weighted by molar-refractivity contribution is 9.10. The van der Waals surface area contributed by atoms with Crippen molar-refractivity contribution < 1.29 is 4.74 Å². The summed E-state index contributed by atoms with van der Waals surface area (Å²) in [6.45, 7) is 5.01. The van der Waals surface area contributed by atoms with Gasteiger partial charge in [-0.1, -0.05) is 29.8 Å². The van der Waals surface area contributed by atoms with Gasteiger partial charge in [0.15, 0.2) is 0 Å². The highest BCUT2D eigenvalue weighted by Crippen LogP contribution is 2.26. The van der Waals surface area contributed by atoms with Gasteiger partial charge in [-0.05, 0) is 54.3 Å². The summed E-state index contributed by atoms with van der Waals surface area (Å²) in [6, 6.07) is 6.13. The fraction of sp³-hybridized carbons (Fsp3) is 0.500. The fourth-order valence-corrected chi connectivity index (χ4v) is 2.56. The van der Waals surface area contributed by atoms with Crippen LogP contribution in [0.2, 0.25) is 0 Å². The molecule has 0 N–H and O–H groups in total. The van der Waals surface area contributed by atoms with Crippen LogP contribution in [0.25, 0.3) is 0 Å². The third-order valence-electron chi connectivity index (χ3n) is 2.48. The van der Waals surface area contributed by atoms with E-state index in [0.29, 0.717) is 5.92 Å². The minimum Gasteiger partial charge on any atom is -0.493 e. The Bertz CT molecular complexity index is 417. The first kappa shape index (κ1) is 15.4. The predicted octanol–water partition coefficient (Wildman–Crippen LogP) is 4.63. The minimum absolute atomic E-state index is 0.466. The molecule has 0 fully saturated rings. The summed E-state index contributed by atoms with van der Waals surface area (Å²) < 4.78 is 6.82. The van der Waals surface area contributed by atoms with E-state index in [4.69, 9.17) is 10.00 Å². The van der Waals surface area contributed by atoms with Crippen molar-refractivity contribution in [2.24, 2.45) is 5.92 Å². The van der Waals surface area contributed by atoms with E-state index in [1.165, 1.54) is 17.3 Å². The van der Waals surface area contributed by atoms with Gasteiger partial charge in [-0.2, -0.15) is 5.26 Å². The Morgan fingerprint density at radius 1 is 1.50 bits per heavy atom. The number of hydrogen-bond donors (Lipinski definition) is 0. The van der Waals surface area contributed by atoms with Crippen LogP contribution in [-0.4, -0.2) is 12.4 Å². The largest absolute Gasteiger partial charge is 0.493 e. The smallest absolute Gasteiger partial charge is 0.133 e. The normalized spacial score (nSPS) is 11.9. The molecule has 1 atom stereocenters. The summed E-state index contributed by atoms with van der Waals surface area (Å²) in [7, 11) is 0. The fourth-order valence-electron chi connectivity index (χ4n) is 1.67. The molecule has 0 bridgehead atoms. The molecular formula is C14H18BrNOS. The zero-order valence-electron chi connectivity index (χ0n) is 10.8. The second kappa shape index (κ2) is 8.44. The second-order valence-corrected chi connectivity index (χ2v) is 6.03. The molecule has 98 valence electrons. The average Bonchev–Trinajstić information content (AvgIpc) is 2.35. The topological polar surface area (TPSA) is 33.0 Å². The van der Waals surface area contributed by atoms with Gasteiger partial charge in [-0.3, -0.25) is 0 Å². The molecule has 0 aliphatic carbocycles. The van der Waals surface area contributed by atoms with Crippen LogP contribution in [-0.2, 0) is 6.42 Å². The first-order valence-corrected chi connectivity index (χ1v) is 7.87. The highest BCUT2D eigenvalue weighted by Gasteiger charge is 2.10. The number of thiocyanates is 1. The second-order valence-electron chi connectivity index (χ2n) is 4.31. The van der Waals surface area contributed by atoms with Gasteiger partial charge in [0.25, 0.3) is 0 Å². The van der Waals surface area contributed by atoms with Crippen molar-refractivity contribution in [3.8, 4) is 11.2 Å². The van der Waals surface area contributed by atoms with Crippen molar-refractivity contribution in [3.05, 3.63) is 28.2 Å². The van der Waals surface area contributed by atoms with Gasteiger partial charge >= 0.3 is 0 Å². The summed E-state index contributed by atoms with van der Waals surface area (Å²) in [6.07, 6.45) is 1.95. The molecule has 0 amide bonds. The Kier molecular flexibility index (Phi) is 7.22. The lowest BCUT2D eigenvalue weighted by atomic mass is 10.0. The Labute approximate surface area is 122 Å². The average molecular weight is 328 g/mol. The van der Waals surface area contributed by atoms with Crippen molar-refractivity contribution in [1.82, 2.24) is 0 Å². The van der Waals surface area contributed by atoms with Gasteiger partial charge in [0.05, 0.1) is 6.61 Å². The van der Waals surface area contributed by atoms with E-state index in [1.807, 2.05) is 12.1 Å². The van der Waals surface area contributed by atoms with Crippen LogP contribution in [0.15, 0.2) is 22.7 Å². The molecule has 0 radical (unpaired) electrons. The summed E-state index contributed by atoms with van der Waals surface area (Å²) in [5.74, 6) is 2.29. The molecule has 2 nitrogen and oxygen atoms in total. The van der Waals surface area contributed by atoms with E-state index >= 15 is 0 Å². The Morgan fingerprint density at radius 3 is 2.94 bits per heavy atom. The lowest BCUT2D eigenvalue weighted by Gasteiger charge is -2.14. The molecule has 4 heteroatoms. The van der Waals surface area contributed by atoms with Crippen LogP contribution in [0.4, 0.5) is 0 Å². The van der Waals surface area contributed by atoms with E-state index in [0.717, 1.165) is 35.4 Å². The SMILES string of the molecule is CCCOc1ccc(Br)cc1CC(C)CSC#N. The van der Waals surface area contributed by atoms with Crippen LogP contribution in [0.5, 0.6) is 5.75 Å². The number of halogens is 1. The maximum absolute atomic E-state index is 8.58. The van der Waals surface area contributed by atoms with Crippen LogP contribution in [0, 0.1) is 16.6 Å². The van der Waals surface area contributed by atoms with E-state index in [2.05, 4.69) is 41.2 Å². The number of nitriles is 1.